The number of hydrogen-bond acceptors (Lipinski definition) is 3. The van der Waals surface area contributed by atoms with E-state index in [1.807, 2.05) is 11.8 Å². The number of carbonyl (C=O) groups excluding carboxylic acids is 2. The van der Waals surface area contributed by atoms with Gasteiger partial charge in [-0.15, -0.1) is 12.4 Å². The lowest BCUT2D eigenvalue weighted by atomic mass is 10.0. The van der Waals surface area contributed by atoms with E-state index in [-0.39, 0.29) is 24.1 Å². The van der Waals surface area contributed by atoms with Gasteiger partial charge in [0.2, 0.25) is 0 Å². The molecule has 1 amide bonds. The topological polar surface area (TPSA) is 49.4 Å². The Morgan fingerprint density at radius 2 is 1.73 bits per heavy atom. The van der Waals surface area contributed by atoms with Gasteiger partial charge in [0.1, 0.15) is 0 Å². The first kappa shape index (κ1) is 17.0. The summed E-state index contributed by atoms with van der Waals surface area (Å²) in [5.41, 5.74) is 1.37. The van der Waals surface area contributed by atoms with E-state index in [0.29, 0.717) is 29.6 Å². The fraction of sp³-hybridized carbons (Fsp3) is 0.529. The van der Waals surface area contributed by atoms with Gasteiger partial charge in [-0.3, -0.25) is 9.59 Å². The lowest BCUT2D eigenvalue weighted by molar-refractivity contribution is 0.0747. The van der Waals surface area contributed by atoms with Gasteiger partial charge in [-0.25, -0.2) is 0 Å². The van der Waals surface area contributed by atoms with Crippen LogP contribution in [0.25, 0.3) is 0 Å². The van der Waals surface area contributed by atoms with E-state index in [2.05, 4.69) is 5.32 Å². The molecule has 22 heavy (non-hydrogen) atoms. The number of carbonyl (C=O) groups is 2. The molecular formula is C17H23ClN2O2. The summed E-state index contributed by atoms with van der Waals surface area (Å²) in [5, 5.41) is 3.58. The fourth-order valence-corrected chi connectivity index (χ4v) is 3.31. The number of likely N-dealkylation sites (tertiary alicyclic amines) is 1. The standard InChI is InChI=1S/C17H22N2O2.ClH/c1-2-16(20)12-3-5-13(6-4-12)17(21)19-10-9-14-7-8-15(11-19)18-14;/h3-6,14-15,18H,2,7-11H2,1H3;1H. The second-order valence-electron chi connectivity index (χ2n) is 6.03. The van der Waals surface area contributed by atoms with Crippen molar-refractivity contribution in [2.45, 2.75) is 44.7 Å². The third kappa shape index (κ3) is 3.50. The number of fused-ring (bicyclic) bond motifs is 2. The molecule has 2 aliphatic rings. The zero-order chi connectivity index (χ0) is 14.8. The van der Waals surface area contributed by atoms with Gasteiger partial charge in [-0.1, -0.05) is 19.1 Å². The quantitative estimate of drug-likeness (QED) is 0.870. The van der Waals surface area contributed by atoms with Gasteiger partial charge in [0.05, 0.1) is 0 Å². The molecule has 0 saturated carbocycles. The molecule has 1 aromatic rings. The summed E-state index contributed by atoms with van der Waals surface area (Å²) in [6.07, 6.45) is 3.93. The highest BCUT2D eigenvalue weighted by Crippen LogP contribution is 2.21. The molecule has 2 atom stereocenters. The fourth-order valence-electron chi connectivity index (χ4n) is 3.31. The Hall–Kier alpha value is -1.39. The largest absolute Gasteiger partial charge is 0.337 e. The average Bonchev–Trinajstić information content (AvgIpc) is 2.85. The lowest BCUT2D eigenvalue weighted by Gasteiger charge is -2.24. The minimum Gasteiger partial charge on any atom is -0.337 e. The second kappa shape index (κ2) is 7.25. The second-order valence-corrected chi connectivity index (χ2v) is 6.03. The number of ketones is 1. The summed E-state index contributed by atoms with van der Waals surface area (Å²) in [6.45, 7) is 3.47. The third-order valence-corrected chi connectivity index (χ3v) is 4.59. The molecule has 0 spiro atoms. The van der Waals surface area contributed by atoms with Gasteiger partial charge in [-0.05, 0) is 31.4 Å². The van der Waals surface area contributed by atoms with Gasteiger partial charge >= 0.3 is 0 Å². The maximum Gasteiger partial charge on any atom is 0.253 e. The number of rotatable bonds is 3. The maximum absolute atomic E-state index is 12.6. The molecule has 0 aromatic heterocycles. The highest BCUT2D eigenvalue weighted by atomic mass is 35.5. The number of nitrogens with one attached hydrogen (secondary N) is 1. The van der Waals surface area contributed by atoms with Crippen LogP contribution >= 0.6 is 12.4 Å². The average molecular weight is 323 g/mol. The Morgan fingerprint density at radius 1 is 1.09 bits per heavy atom. The van der Waals surface area contributed by atoms with Crippen LogP contribution < -0.4 is 5.32 Å². The minimum absolute atomic E-state index is 0. The Kier molecular flexibility index (Phi) is 5.59. The van der Waals surface area contributed by atoms with Crippen molar-refractivity contribution in [3.05, 3.63) is 35.4 Å². The number of nitrogens with zero attached hydrogens (tertiary/aromatic N) is 1. The summed E-state index contributed by atoms with van der Waals surface area (Å²) in [4.78, 5) is 26.2. The first-order chi connectivity index (χ1) is 10.2. The first-order valence-electron chi connectivity index (χ1n) is 7.86. The van der Waals surface area contributed by atoms with Crippen LogP contribution in [0.15, 0.2) is 24.3 Å². The SMILES string of the molecule is CCC(=O)c1ccc(C(=O)N2CCC3CCC(C2)N3)cc1.Cl. The van der Waals surface area contributed by atoms with Crippen LogP contribution in [0.1, 0.15) is 53.3 Å². The first-order valence-corrected chi connectivity index (χ1v) is 7.86. The Labute approximate surface area is 137 Å². The molecule has 2 unspecified atom stereocenters. The van der Waals surface area contributed by atoms with Crippen molar-refractivity contribution in [1.29, 1.82) is 0 Å². The third-order valence-electron chi connectivity index (χ3n) is 4.59. The molecule has 3 rings (SSSR count). The lowest BCUT2D eigenvalue weighted by Crippen LogP contribution is -2.39. The summed E-state index contributed by atoms with van der Waals surface area (Å²) in [6, 6.07) is 8.12. The van der Waals surface area contributed by atoms with E-state index < -0.39 is 0 Å². The molecule has 2 fully saturated rings. The normalized spacial score (nSPS) is 23.6. The molecule has 2 heterocycles. The van der Waals surface area contributed by atoms with Crippen molar-refractivity contribution in [3.8, 4) is 0 Å². The molecule has 2 saturated heterocycles. The van der Waals surface area contributed by atoms with Crippen molar-refractivity contribution >= 4 is 24.1 Å². The van der Waals surface area contributed by atoms with E-state index >= 15 is 0 Å². The van der Waals surface area contributed by atoms with Crippen molar-refractivity contribution < 1.29 is 9.59 Å². The summed E-state index contributed by atoms with van der Waals surface area (Å²) in [7, 11) is 0. The van der Waals surface area contributed by atoms with Crippen LogP contribution in [0.3, 0.4) is 0 Å². The Morgan fingerprint density at radius 3 is 2.41 bits per heavy atom. The highest BCUT2D eigenvalue weighted by molar-refractivity contribution is 5.98. The van der Waals surface area contributed by atoms with Crippen LogP contribution in [0.4, 0.5) is 0 Å². The molecule has 5 heteroatoms. The zero-order valence-electron chi connectivity index (χ0n) is 12.9. The van der Waals surface area contributed by atoms with Gasteiger partial charge < -0.3 is 10.2 Å². The van der Waals surface area contributed by atoms with Crippen molar-refractivity contribution in [1.82, 2.24) is 10.2 Å². The smallest absolute Gasteiger partial charge is 0.253 e. The van der Waals surface area contributed by atoms with Crippen LogP contribution in [-0.2, 0) is 0 Å². The summed E-state index contributed by atoms with van der Waals surface area (Å²) < 4.78 is 0. The predicted octanol–water partition coefficient (Wildman–Crippen LogP) is 2.67. The monoisotopic (exact) mass is 322 g/mol. The highest BCUT2D eigenvalue weighted by Gasteiger charge is 2.31. The number of amides is 1. The molecule has 120 valence electrons. The molecular weight excluding hydrogens is 300 g/mol. The molecule has 0 radical (unpaired) electrons. The number of benzene rings is 1. The molecule has 2 bridgehead atoms. The maximum atomic E-state index is 12.6. The van der Waals surface area contributed by atoms with Crippen LogP contribution in [0.2, 0.25) is 0 Å². The predicted molar refractivity (Wildman–Crippen MR) is 88.8 cm³/mol. The van der Waals surface area contributed by atoms with Crippen molar-refractivity contribution in [2.75, 3.05) is 13.1 Å². The molecule has 4 nitrogen and oxygen atoms in total. The minimum atomic E-state index is 0. The molecule has 0 aliphatic carbocycles. The van der Waals surface area contributed by atoms with Gasteiger partial charge in [0, 0.05) is 42.7 Å². The molecule has 2 aliphatic heterocycles. The summed E-state index contributed by atoms with van der Waals surface area (Å²) in [5.74, 6) is 0.199. The Balaban J connectivity index is 0.00000176. The molecule has 1 aromatic carbocycles. The van der Waals surface area contributed by atoms with Gasteiger partial charge in [0.25, 0.3) is 5.91 Å². The number of halogens is 1. The zero-order valence-corrected chi connectivity index (χ0v) is 13.7. The van der Waals surface area contributed by atoms with Crippen LogP contribution in [0.5, 0.6) is 0 Å². The van der Waals surface area contributed by atoms with Crippen molar-refractivity contribution in [2.24, 2.45) is 0 Å². The van der Waals surface area contributed by atoms with Gasteiger partial charge in [0.15, 0.2) is 5.78 Å². The van der Waals surface area contributed by atoms with E-state index in [0.717, 1.165) is 19.5 Å². The number of hydrogen-bond donors (Lipinski definition) is 1. The number of Topliss-reactive ketones (excluding diaryl/α,β-unsaturated/α-hetero) is 1. The van der Waals surface area contributed by atoms with Crippen LogP contribution in [-0.4, -0.2) is 41.8 Å². The van der Waals surface area contributed by atoms with E-state index in [1.165, 1.54) is 12.8 Å². The van der Waals surface area contributed by atoms with Gasteiger partial charge in [-0.2, -0.15) is 0 Å². The Bertz CT molecular complexity index is 544. The van der Waals surface area contributed by atoms with E-state index in [4.69, 9.17) is 0 Å². The van der Waals surface area contributed by atoms with Crippen molar-refractivity contribution in [3.63, 3.8) is 0 Å². The molecule has 1 N–H and O–H groups in total. The van der Waals surface area contributed by atoms with E-state index in [9.17, 15) is 9.59 Å². The summed E-state index contributed by atoms with van der Waals surface area (Å²) >= 11 is 0. The van der Waals surface area contributed by atoms with E-state index in [1.54, 1.807) is 24.3 Å². The van der Waals surface area contributed by atoms with Crippen LogP contribution in [0, 0.1) is 0 Å².